The number of rotatable bonds is 6. The molecule has 0 radical (unpaired) electrons. The van der Waals surface area contributed by atoms with Gasteiger partial charge in [0.1, 0.15) is 5.75 Å². The molecule has 2 bridgehead atoms. The Bertz CT molecular complexity index is 735. The predicted octanol–water partition coefficient (Wildman–Crippen LogP) is 3.52. The molecule has 2 heterocycles. The summed E-state index contributed by atoms with van der Waals surface area (Å²) in [4.78, 5) is 12.3. The Balaban J connectivity index is 1.29. The number of amides is 1. The monoisotopic (exact) mass is 350 g/mol. The standard InChI is InChI=1S/C22H26N2O2/c25-22(24-19-14-17-10-11-18(15-19)23-17)12-13-26-21-9-5-4-8-20(21)16-6-2-1-3-7-16/h1-9,17-19,23H,10-15H2,(H,24,25). The highest BCUT2D eigenvalue weighted by Gasteiger charge is 2.33. The van der Waals surface area contributed by atoms with Crippen molar-refractivity contribution in [3.05, 3.63) is 54.6 Å². The highest BCUT2D eigenvalue weighted by Crippen LogP contribution is 2.30. The molecule has 4 heteroatoms. The molecule has 2 aliphatic rings. The summed E-state index contributed by atoms with van der Waals surface area (Å²) in [7, 11) is 0. The van der Waals surface area contributed by atoms with E-state index < -0.39 is 0 Å². The second-order valence-corrected chi connectivity index (χ2v) is 7.33. The summed E-state index contributed by atoms with van der Waals surface area (Å²) < 4.78 is 5.93. The van der Waals surface area contributed by atoms with Gasteiger partial charge in [-0.1, -0.05) is 48.5 Å². The summed E-state index contributed by atoms with van der Waals surface area (Å²) in [5.74, 6) is 0.917. The molecule has 2 fully saturated rings. The number of hydrogen-bond donors (Lipinski definition) is 2. The van der Waals surface area contributed by atoms with Gasteiger partial charge >= 0.3 is 0 Å². The van der Waals surface area contributed by atoms with Gasteiger partial charge in [0.25, 0.3) is 0 Å². The van der Waals surface area contributed by atoms with E-state index in [2.05, 4.69) is 28.8 Å². The van der Waals surface area contributed by atoms with E-state index in [4.69, 9.17) is 4.74 Å². The van der Waals surface area contributed by atoms with Gasteiger partial charge in [0.2, 0.25) is 5.91 Å². The van der Waals surface area contributed by atoms with Crippen molar-refractivity contribution in [3.8, 4) is 16.9 Å². The van der Waals surface area contributed by atoms with E-state index in [0.29, 0.717) is 31.2 Å². The molecule has 0 spiro atoms. The lowest BCUT2D eigenvalue weighted by atomic mass is 10.00. The normalized spacial score (nSPS) is 24.2. The lowest BCUT2D eigenvalue weighted by molar-refractivity contribution is -0.122. The maximum Gasteiger partial charge on any atom is 0.223 e. The maximum atomic E-state index is 12.3. The minimum Gasteiger partial charge on any atom is -0.492 e. The van der Waals surface area contributed by atoms with Gasteiger partial charge in [-0.05, 0) is 37.3 Å². The van der Waals surface area contributed by atoms with Crippen LogP contribution in [0.1, 0.15) is 32.1 Å². The van der Waals surface area contributed by atoms with E-state index in [0.717, 1.165) is 29.7 Å². The van der Waals surface area contributed by atoms with Gasteiger partial charge in [-0.3, -0.25) is 4.79 Å². The van der Waals surface area contributed by atoms with Crippen molar-refractivity contribution in [1.82, 2.24) is 10.6 Å². The summed E-state index contributed by atoms with van der Waals surface area (Å²) in [6, 6.07) is 19.7. The van der Waals surface area contributed by atoms with Crippen LogP contribution in [0.15, 0.2) is 54.6 Å². The van der Waals surface area contributed by atoms with Gasteiger partial charge in [0.05, 0.1) is 13.0 Å². The molecule has 2 aliphatic heterocycles. The zero-order chi connectivity index (χ0) is 17.8. The summed E-state index contributed by atoms with van der Waals surface area (Å²) in [5, 5.41) is 6.80. The van der Waals surface area contributed by atoms with Crippen molar-refractivity contribution in [2.24, 2.45) is 0 Å². The molecule has 1 amide bonds. The lowest BCUT2D eigenvalue weighted by Crippen LogP contribution is -2.48. The molecule has 2 unspecified atom stereocenters. The summed E-state index contributed by atoms with van der Waals surface area (Å²) in [5.41, 5.74) is 2.18. The van der Waals surface area contributed by atoms with Crippen molar-refractivity contribution in [3.63, 3.8) is 0 Å². The highest BCUT2D eigenvalue weighted by molar-refractivity contribution is 5.76. The third-order valence-corrected chi connectivity index (χ3v) is 5.40. The van der Waals surface area contributed by atoms with Crippen LogP contribution in [-0.4, -0.2) is 30.6 Å². The van der Waals surface area contributed by atoms with Crippen LogP contribution in [0.4, 0.5) is 0 Å². The summed E-state index contributed by atoms with van der Waals surface area (Å²) in [6.45, 7) is 0.396. The minimum absolute atomic E-state index is 0.0912. The maximum absolute atomic E-state index is 12.3. The summed E-state index contributed by atoms with van der Waals surface area (Å²) in [6.07, 6.45) is 5.00. The Morgan fingerprint density at radius 3 is 2.46 bits per heavy atom. The fourth-order valence-electron chi connectivity index (χ4n) is 4.18. The highest BCUT2D eigenvalue weighted by atomic mass is 16.5. The number of fused-ring (bicyclic) bond motifs is 2. The van der Waals surface area contributed by atoms with Gasteiger partial charge in [-0.15, -0.1) is 0 Å². The molecular weight excluding hydrogens is 324 g/mol. The van der Waals surface area contributed by atoms with Gasteiger partial charge in [-0.25, -0.2) is 0 Å². The van der Waals surface area contributed by atoms with E-state index in [9.17, 15) is 4.79 Å². The minimum atomic E-state index is 0.0912. The average molecular weight is 350 g/mol. The van der Waals surface area contributed by atoms with E-state index in [1.54, 1.807) is 0 Å². The van der Waals surface area contributed by atoms with E-state index in [1.807, 2.05) is 36.4 Å². The van der Waals surface area contributed by atoms with Crippen LogP contribution in [-0.2, 0) is 4.79 Å². The number of ether oxygens (including phenoxy) is 1. The lowest BCUT2D eigenvalue weighted by Gasteiger charge is -2.29. The number of hydrogen-bond acceptors (Lipinski definition) is 3. The molecule has 26 heavy (non-hydrogen) atoms. The first-order chi connectivity index (χ1) is 12.8. The Labute approximate surface area is 155 Å². The Kier molecular flexibility index (Phi) is 5.21. The number of carbonyl (C=O) groups excluding carboxylic acids is 1. The molecule has 2 N–H and O–H groups in total. The van der Waals surface area contributed by atoms with Crippen molar-refractivity contribution >= 4 is 5.91 Å². The third-order valence-electron chi connectivity index (χ3n) is 5.40. The fourth-order valence-corrected chi connectivity index (χ4v) is 4.18. The molecule has 136 valence electrons. The van der Waals surface area contributed by atoms with Crippen LogP contribution < -0.4 is 15.4 Å². The predicted molar refractivity (Wildman–Crippen MR) is 103 cm³/mol. The first-order valence-corrected chi connectivity index (χ1v) is 9.60. The SMILES string of the molecule is O=C(CCOc1ccccc1-c1ccccc1)NC1CC2CCC(C1)N2. The topological polar surface area (TPSA) is 50.4 Å². The van der Waals surface area contributed by atoms with Crippen LogP contribution in [0.5, 0.6) is 5.75 Å². The molecule has 2 aromatic rings. The molecule has 4 nitrogen and oxygen atoms in total. The van der Waals surface area contributed by atoms with Crippen molar-refractivity contribution in [2.45, 2.75) is 50.2 Å². The Morgan fingerprint density at radius 1 is 1.00 bits per heavy atom. The Hall–Kier alpha value is -2.33. The zero-order valence-corrected chi connectivity index (χ0v) is 15.0. The van der Waals surface area contributed by atoms with Crippen LogP contribution in [0.3, 0.4) is 0 Å². The quantitative estimate of drug-likeness (QED) is 0.838. The first kappa shape index (κ1) is 17.1. The van der Waals surface area contributed by atoms with Crippen LogP contribution in [0, 0.1) is 0 Å². The number of nitrogens with one attached hydrogen (secondary N) is 2. The molecule has 0 aliphatic carbocycles. The second kappa shape index (κ2) is 7.92. The van der Waals surface area contributed by atoms with Crippen LogP contribution in [0.2, 0.25) is 0 Å². The van der Waals surface area contributed by atoms with Crippen molar-refractivity contribution in [1.29, 1.82) is 0 Å². The third kappa shape index (κ3) is 4.07. The molecular formula is C22H26N2O2. The number of para-hydroxylation sites is 1. The molecule has 0 aromatic heterocycles. The van der Waals surface area contributed by atoms with Crippen molar-refractivity contribution < 1.29 is 9.53 Å². The van der Waals surface area contributed by atoms with Crippen molar-refractivity contribution in [2.75, 3.05) is 6.61 Å². The van der Waals surface area contributed by atoms with Gasteiger partial charge in [0.15, 0.2) is 0 Å². The van der Waals surface area contributed by atoms with Gasteiger partial charge in [0, 0.05) is 23.7 Å². The van der Waals surface area contributed by atoms with Gasteiger partial charge < -0.3 is 15.4 Å². The van der Waals surface area contributed by atoms with Crippen LogP contribution >= 0.6 is 0 Å². The molecule has 2 atom stereocenters. The molecule has 4 rings (SSSR count). The second-order valence-electron chi connectivity index (χ2n) is 7.33. The number of carbonyl (C=O) groups is 1. The number of piperidine rings is 1. The average Bonchev–Trinajstić information content (AvgIpc) is 3.01. The smallest absolute Gasteiger partial charge is 0.223 e. The van der Waals surface area contributed by atoms with E-state index in [-0.39, 0.29) is 5.91 Å². The fraction of sp³-hybridized carbons (Fsp3) is 0.409. The zero-order valence-electron chi connectivity index (χ0n) is 15.0. The van der Waals surface area contributed by atoms with E-state index >= 15 is 0 Å². The first-order valence-electron chi connectivity index (χ1n) is 9.60. The van der Waals surface area contributed by atoms with Crippen LogP contribution in [0.25, 0.3) is 11.1 Å². The molecule has 0 saturated carbocycles. The Morgan fingerprint density at radius 2 is 1.69 bits per heavy atom. The molecule has 2 saturated heterocycles. The van der Waals surface area contributed by atoms with Gasteiger partial charge in [-0.2, -0.15) is 0 Å². The van der Waals surface area contributed by atoms with E-state index in [1.165, 1.54) is 12.8 Å². The largest absolute Gasteiger partial charge is 0.492 e. The number of benzene rings is 2. The molecule has 2 aromatic carbocycles. The summed E-state index contributed by atoms with van der Waals surface area (Å²) >= 11 is 0.